The van der Waals surface area contributed by atoms with Crippen LogP contribution in [0, 0.1) is 41.4 Å². The second-order valence-corrected chi connectivity index (χ2v) is 20.0. The predicted octanol–water partition coefficient (Wildman–Crippen LogP) is 7.52. The molecule has 354 valence electrons. The van der Waals surface area contributed by atoms with Gasteiger partial charge in [0.1, 0.15) is 18.4 Å². The van der Waals surface area contributed by atoms with E-state index in [4.69, 9.17) is 28.4 Å². The second-order valence-electron chi connectivity index (χ2n) is 20.0. The number of carbonyl (C=O) groups is 3. The van der Waals surface area contributed by atoms with E-state index in [9.17, 15) is 29.7 Å². The highest BCUT2D eigenvalue weighted by Gasteiger charge is 2.63. The average Bonchev–Trinajstić information content (AvgIpc) is 3.60. The maximum absolute atomic E-state index is 14.7. The Balaban J connectivity index is 1.23. The summed E-state index contributed by atoms with van der Waals surface area (Å²) in [5.41, 5.74) is -1.17. The molecule has 5 aliphatic heterocycles. The van der Waals surface area contributed by atoms with Crippen molar-refractivity contribution in [2.24, 2.45) is 41.4 Å². The molecular weight excluding hydrogens is 809 g/mol. The van der Waals surface area contributed by atoms with Gasteiger partial charge in [0.25, 0.3) is 0 Å². The summed E-state index contributed by atoms with van der Waals surface area (Å²) in [4.78, 5) is 44.4. The fourth-order valence-electron chi connectivity index (χ4n) is 11.5. The molecule has 6 rings (SSSR count). The van der Waals surface area contributed by atoms with E-state index < -0.39 is 95.1 Å². The van der Waals surface area contributed by atoms with Crippen LogP contribution in [0.25, 0.3) is 0 Å². The topological polar surface area (TPSA) is 192 Å². The SMILES string of the molecule is CC[C@@H](C(=O)[C@@H](C)[C@@H](O)[C@H](C)[C@@H]1O[C@@H]([C@@H](CC)C(=O)O)CC[C@@H]1C)[C@H]1O[C@]2(C=C[C@@H](NC(=O)OCc3ccccn3)[C@]3(CC[C@@](C)([C@H]4CC[C@](O)(CC)[C@H](C)O4)O3)O2)[C@H](C)C[C@@H]1C. The maximum atomic E-state index is 14.7. The number of pyridine rings is 1. The van der Waals surface area contributed by atoms with Crippen molar-refractivity contribution >= 4 is 17.8 Å². The van der Waals surface area contributed by atoms with Gasteiger partial charge < -0.3 is 49.1 Å². The quantitative estimate of drug-likeness (QED) is 0.127. The zero-order valence-electron chi connectivity index (χ0n) is 39.3. The Kier molecular flexibility index (Phi) is 15.6. The number of Topliss-reactive ketones (excluding diaryl/α,β-unsaturated/α-hetero) is 1. The molecule has 5 aliphatic rings. The minimum Gasteiger partial charge on any atom is -0.481 e. The Labute approximate surface area is 374 Å². The number of aliphatic carboxylic acids is 1. The van der Waals surface area contributed by atoms with Gasteiger partial charge in [0.15, 0.2) is 11.6 Å². The molecule has 4 saturated heterocycles. The minimum atomic E-state index is -1.41. The molecule has 63 heavy (non-hydrogen) atoms. The number of aromatic nitrogens is 1. The van der Waals surface area contributed by atoms with Crippen LogP contribution in [0.5, 0.6) is 0 Å². The van der Waals surface area contributed by atoms with Crippen molar-refractivity contribution in [3.05, 3.63) is 42.2 Å². The van der Waals surface area contributed by atoms with E-state index in [1.807, 2.05) is 59.8 Å². The molecule has 0 bridgehead atoms. The summed E-state index contributed by atoms with van der Waals surface area (Å²) in [7, 11) is 0. The summed E-state index contributed by atoms with van der Waals surface area (Å²) in [6, 6.07) is 4.61. The summed E-state index contributed by atoms with van der Waals surface area (Å²) < 4.78 is 40.1. The third kappa shape index (κ3) is 10.1. The molecule has 0 unspecified atom stereocenters. The lowest BCUT2D eigenvalue weighted by Gasteiger charge is -2.55. The van der Waals surface area contributed by atoms with Crippen LogP contribution in [0.3, 0.4) is 0 Å². The number of ether oxygens (including phenoxy) is 6. The third-order valence-electron chi connectivity index (χ3n) is 15.8. The molecule has 1 aromatic heterocycles. The monoisotopic (exact) mass is 885 g/mol. The van der Waals surface area contributed by atoms with E-state index >= 15 is 0 Å². The van der Waals surface area contributed by atoms with Gasteiger partial charge in [0.2, 0.25) is 0 Å². The van der Waals surface area contributed by atoms with E-state index in [2.05, 4.69) is 31.1 Å². The van der Waals surface area contributed by atoms with Gasteiger partial charge in [0, 0.05) is 36.3 Å². The first-order valence-electron chi connectivity index (χ1n) is 23.8. The average molecular weight is 885 g/mol. The molecular formula is C49H76N2O12. The highest BCUT2D eigenvalue weighted by molar-refractivity contribution is 5.84. The largest absolute Gasteiger partial charge is 0.481 e. The van der Waals surface area contributed by atoms with Crippen LogP contribution < -0.4 is 5.32 Å². The highest BCUT2D eigenvalue weighted by atomic mass is 16.8. The Morgan fingerprint density at radius 3 is 2.30 bits per heavy atom. The molecule has 4 N–H and O–H groups in total. The number of aliphatic hydroxyl groups is 2. The fraction of sp³-hybridized carbons (Fsp3) is 0.796. The number of hydrogen-bond acceptors (Lipinski definition) is 12. The number of amides is 1. The van der Waals surface area contributed by atoms with E-state index in [1.165, 1.54) is 0 Å². The van der Waals surface area contributed by atoms with Crippen molar-refractivity contribution < 1.29 is 58.1 Å². The van der Waals surface area contributed by atoms with Crippen molar-refractivity contribution in [2.45, 2.75) is 205 Å². The van der Waals surface area contributed by atoms with Gasteiger partial charge in [-0.3, -0.25) is 14.6 Å². The van der Waals surface area contributed by atoms with Gasteiger partial charge in [-0.2, -0.15) is 0 Å². The Morgan fingerprint density at radius 2 is 1.67 bits per heavy atom. The number of carboxylic acids is 1. The van der Waals surface area contributed by atoms with Crippen molar-refractivity contribution in [3.8, 4) is 0 Å². The maximum Gasteiger partial charge on any atom is 0.408 e. The Bertz CT molecular complexity index is 1770. The van der Waals surface area contributed by atoms with Crippen molar-refractivity contribution in [3.63, 3.8) is 0 Å². The standard InChI is InChI=1S/C49H76N2O12/c1-11-35(44(54)55)37-18-17-28(4)42(60-37)32(8)40(52)31(7)41(53)36(12-2)43-29(5)26-30(6)48(61-43)22-19-38(51-45(56)58-27-34-16-14-15-25-50-34)49(63-48)24-23-46(10,62-49)39-20-21-47(57,13-3)33(9)59-39/h14-16,19,22,25,28-33,35-40,42-43,52,57H,11-13,17-18,20-21,23-24,26-27H2,1-10H3,(H,51,56)(H,54,55)/t28-,29-,30+,31-,32-,33-,35+,36-,37+,38+,39+,40+,42+,43-,46-,47+,48-,49-/m0/s1. The molecule has 2 spiro atoms. The van der Waals surface area contributed by atoms with Gasteiger partial charge in [0.05, 0.1) is 59.4 Å². The first-order valence-corrected chi connectivity index (χ1v) is 23.8. The summed E-state index contributed by atoms with van der Waals surface area (Å²) in [6.45, 7) is 19.5. The van der Waals surface area contributed by atoms with Crippen LogP contribution in [-0.2, 0) is 44.6 Å². The molecule has 4 fully saturated rings. The number of hydrogen-bond donors (Lipinski definition) is 4. The van der Waals surface area contributed by atoms with Gasteiger partial charge >= 0.3 is 12.1 Å². The first kappa shape index (κ1) is 49.5. The van der Waals surface area contributed by atoms with E-state index in [-0.39, 0.29) is 36.2 Å². The van der Waals surface area contributed by atoms with Crippen LogP contribution >= 0.6 is 0 Å². The van der Waals surface area contributed by atoms with Gasteiger partial charge in [-0.25, -0.2) is 4.79 Å². The van der Waals surface area contributed by atoms with Crippen molar-refractivity contribution in [2.75, 3.05) is 0 Å². The summed E-state index contributed by atoms with van der Waals surface area (Å²) in [5, 5.41) is 36.0. The smallest absolute Gasteiger partial charge is 0.408 e. The van der Waals surface area contributed by atoms with Crippen LogP contribution in [0.4, 0.5) is 4.79 Å². The second kappa shape index (κ2) is 19.9. The zero-order valence-corrected chi connectivity index (χ0v) is 39.3. The zero-order chi connectivity index (χ0) is 46.1. The Morgan fingerprint density at radius 1 is 0.937 bits per heavy atom. The number of ketones is 1. The van der Waals surface area contributed by atoms with E-state index in [1.54, 1.807) is 25.3 Å². The molecule has 14 nitrogen and oxygen atoms in total. The number of alkyl carbamates (subject to hydrolysis) is 1. The lowest BCUT2D eigenvalue weighted by Crippen LogP contribution is -2.65. The molecule has 18 atom stereocenters. The summed E-state index contributed by atoms with van der Waals surface area (Å²) in [5.74, 6) is -6.25. The summed E-state index contributed by atoms with van der Waals surface area (Å²) >= 11 is 0. The molecule has 1 amide bonds. The minimum absolute atomic E-state index is 0.0249. The number of nitrogens with one attached hydrogen (secondary N) is 1. The first-order chi connectivity index (χ1) is 29.8. The van der Waals surface area contributed by atoms with Crippen LogP contribution in [0.1, 0.15) is 139 Å². The molecule has 0 aliphatic carbocycles. The Hall–Kier alpha value is -2.98. The number of nitrogens with zero attached hydrogens (tertiary/aromatic N) is 1. The van der Waals surface area contributed by atoms with Gasteiger partial charge in [-0.05, 0) is 102 Å². The van der Waals surface area contributed by atoms with Crippen LogP contribution in [0.2, 0.25) is 0 Å². The van der Waals surface area contributed by atoms with E-state index in [0.717, 1.165) is 6.42 Å². The molecule has 14 heteroatoms. The third-order valence-corrected chi connectivity index (χ3v) is 15.8. The molecule has 1 aromatic rings. The summed E-state index contributed by atoms with van der Waals surface area (Å²) in [6.07, 6.45) is 7.09. The lowest BCUT2D eigenvalue weighted by atomic mass is 9.72. The highest BCUT2D eigenvalue weighted by Crippen LogP contribution is 2.54. The molecule has 0 aromatic carbocycles. The van der Waals surface area contributed by atoms with Gasteiger partial charge in [-0.1, -0.05) is 67.5 Å². The number of carbonyl (C=O) groups excluding carboxylic acids is 2. The van der Waals surface area contributed by atoms with E-state index in [0.29, 0.717) is 63.5 Å². The fourth-order valence-corrected chi connectivity index (χ4v) is 11.5. The number of rotatable bonds is 15. The number of aliphatic hydroxyl groups excluding tert-OH is 1. The predicted molar refractivity (Wildman–Crippen MR) is 234 cm³/mol. The normalized spacial score (nSPS) is 40.5. The van der Waals surface area contributed by atoms with Crippen molar-refractivity contribution in [1.29, 1.82) is 0 Å². The molecule has 6 heterocycles. The lowest BCUT2D eigenvalue weighted by molar-refractivity contribution is -0.398. The van der Waals surface area contributed by atoms with Gasteiger partial charge in [-0.15, -0.1) is 0 Å². The van der Waals surface area contributed by atoms with Crippen LogP contribution in [0.15, 0.2) is 36.5 Å². The molecule has 0 saturated carbocycles. The van der Waals surface area contributed by atoms with Crippen molar-refractivity contribution in [1.82, 2.24) is 10.3 Å². The molecule has 0 radical (unpaired) electrons. The number of carboxylic acid groups (broad SMARTS) is 1. The van der Waals surface area contributed by atoms with Crippen LogP contribution in [-0.4, -0.2) is 104 Å².